The molecule has 0 bridgehead atoms. The largest absolute Gasteiger partial charge is 0.364 e. The average molecular weight is 176 g/mol. The summed E-state index contributed by atoms with van der Waals surface area (Å²) >= 11 is 0. The standard InChI is InChI=1S/C6H9N3O.ClH/c1-4-3-9(2)8-5(4)6(7)10;/h3H,1-2H3,(H2,7,10);1H. The van der Waals surface area contributed by atoms with Gasteiger partial charge in [0.2, 0.25) is 0 Å². The summed E-state index contributed by atoms with van der Waals surface area (Å²) in [4.78, 5) is 10.6. The quantitative estimate of drug-likeness (QED) is 0.665. The molecule has 0 aliphatic rings. The van der Waals surface area contributed by atoms with Gasteiger partial charge in [-0.15, -0.1) is 12.4 Å². The highest BCUT2D eigenvalue weighted by atomic mass is 35.5. The molecule has 0 spiro atoms. The van der Waals surface area contributed by atoms with Gasteiger partial charge in [0.15, 0.2) is 5.69 Å². The minimum Gasteiger partial charge on any atom is -0.364 e. The molecule has 0 aliphatic carbocycles. The second-order valence-corrected chi connectivity index (χ2v) is 2.20. The molecule has 1 amide bonds. The van der Waals surface area contributed by atoms with Crippen LogP contribution in [-0.4, -0.2) is 15.7 Å². The predicted molar refractivity (Wildman–Crippen MR) is 43.7 cm³/mol. The van der Waals surface area contributed by atoms with Crippen molar-refractivity contribution >= 4 is 18.3 Å². The van der Waals surface area contributed by atoms with Gasteiger partial charge >= 0.3 is 0 Å². The van der Waals surface area contributed by atoms with Crippen LogP contribution in [0.25, 0.3) is 0 Å². The summed E-state index contributed by atoms with van der Waals surface area (Å²) in [6, 6.07) is 0. The molecule has 0 unspecified atom stereocenters. The Morgan fingerprint density at radius 3 is 2.45 bits per heavy atom. The van der Waals surface area contributed by atoms with Gasteiger partial charge in [-0.25, -0.2) is 0 Å². The van der Waals surface area contributed by atoms with Crippen LogP contribution in [0.5, 0.6) is 0 Å². The molecule has 5 heteroatoms. The lowest BCUT2D eigenvalue weighted by atomic mass is 10.3. The number of hydrogen-bond donors (Lipinski definition) is 1. The van der Waals surface area contributed by atoms with Crippen LogP contribution in [0, 0.1) is 6.92 Å². The first-order valence-corrected chi connectivity index (χ1v) is 2.91. The second-order valence-electron chi connectivity index (χ2n) is 2.20. The zero-order valence-electron chi connectivity index (χ0n) is 6.37. The van der Waals surface area contributed by atoms with E-state index >= 15 is 0 Å². The van der Waals surface area contributed by atoms with E-state index in [4.69, 9.17) is 5.73 Å². The van der Waals surface area contributed by atoms with Gasteiger partial charge in [0, 0.05) is 18.8 Å². The zero-order valence-corrected chi connectivity index (χ0v) is 7.18. The van der Waals surface area contributed by atoms with Gasteiger partial charge in [-0.05, 0) is 6.92 Å². The Kier molecular flexibility index (Phi) is 3.07. The molecule has 2 N–H and O–H groups in total. The van der Waals surface area contributed by atoms with Crippen molar-refractivity contribution in [2.45, 2.75) is 6.92 Å². The molecule has 4 nitrogen and oxygen atoms in total. The molecule has 0 saturated carbocycles. The minimum atomic E-state index is -0.474. The maximum Gasteiger partial charge on any atom is 0.269 e. The van der Waals surface area contributed by atoms with Crippen LogP contribution < -0.4 is 5.73 Å². The van der Waals surface area contributed by atoms with E-state index in [0.29, 0.717) is 5.69 Å². The fourth-order valence-electron chi connectivity index (χ4n) is 0.850. The summed E-state index contributed by atoms with van der Waals surface area (Å²) < 4.78 is 1.56. The second kappa shape index (κ2) is 3.39. The van der Waals surface area contributed by atoms with Crippen LogP contribution in [0.1, 0.15) is 16.1 Å². The van der Waals surface area contributed by atoms with Gasteiger partial charge in [0.1, 0.15) is 0 Å². The van der Waals surface area contributed by atoms with Gasteiger partial charge in [0.05, 0.1) is 0 Å². The minimum absolute atomic E-state index is 0. The highest BCUT2D eigenvalue weighted by Crippen LogP contribution is 2.01. The molecular formula is C6H10ClN3O. The number of nitrogens with zero attached hydrogens (tertiary/aromatic N) is 2. The third-order valence-electron chi connectivity index (χ3n) is 1.25. The van der Waals surface area contributed by atoms with Crippen molar-refractivity contribution in [1.29, 1.82) is 0 Å². The normalized spacial score (nSPS) is 8.91. The van der Waals surface area contributed by atoms with Crippen LogP contribution >= 0.6 is 12.4 Å². The van der Waals surface area contributed by atoms with E-state index in [1.807, 2.05) is 0 Å². The zero-order chi connectivity index (χ0) is 7.72. The van der Waals surface area contributed by atoms with Crippen LogP contribution in [0.4, 0.5) is 0 Å². The average Bonchev–Trinajstić information content (AvgIpc) is 2.10. The third kappa shape index (κ3) is 1.94. The van der Waals surface area contributed by atoms with Crippen molar-refractivity contribution < 1.29 is 4.79 Å². The fraction of sp³-hybridized carbons (Fsp3) is 0.333. The molecule has 0 saturated heterocycles. The van der Waals surface area contributed by atoms with Crippen LogP contribution in [0.3, 0.4) is 0 Å². The van der Waals surface area contributed by atoms with Crippen molar-refractivity contribution in [3.8, 4) is 0 Å². The number of aromatic nitrogens is 2. The van der Waals surface area contributed by atoms with E-state index in [2.05, 4.69) is 5.10 Å². The van der Waals surface area contributed by atoms with Gasteiger partial charge in [-0.3, -0.25) is 9.48 Å². The summed E-state index contributed by atoms with van der Waals surface area (Å²) in [7, 11) is 1.75. The molecule has 11 heavy (non-hydrogen) atoms. The number of halogens is 1. The van der Waals surface area contributed by atoms with E-state index in [-0.39, 0.29) is 12.4 Å². The number of carbonyl (C=O) groups is 1. The Labute approximate surface area is 70.8 Å². The van der Waals surface area contributed by atoms with Crippen molar-refractivity contribution in [3.05, 3.63) is 17.5 Å². The molecule has 0 radical (unpaired) electrons. The Morgan fingerprint density at radius 1 is 1.73 bits per heavy atom. The SMILES string of the molecule is Cc1cn(C)nc1C(N)=O.Cl. The van der Waals surface area contributed by atoms with Gasteiger partial charge in [-0.2, -0.15) is 5.10 Å². The molecule has 62 valence electrons. The topological polar surface area (TPSA) is 60.9 Å². The smallest absolute Gasteiger partial charge is 0.269 e. The summed E-state index contributed by atoms with van der Waals surface area (Å²) in [5.74, 6) is -0.474. The molecule has 1 aromatic rings. The van der Waals surface area contributed by atoms with Crippen molar-refractivity contribution in [2.24, 2.45) is 12.8 Å². The Bertz CT molecular complexity index is 269. The number of primary amides is 1. The lowest BCUT2D eigenvalue weighted by molar-refractivity contribution is 0.0994. The monoisotopic (exact) mass is 175 g/mol. The van der Waals surface area contributed by atoms with Crippen molar-refractivity contribution in [3.63, 3.8) is 0 Å². The molecule has 0 fully saturated rings. The summed E-state index contributed by atoms with van der Waals surface area (Å²) in [6.45, 7) is 1.80. The fourth-order valence-corrected chi connectivity index (χ4v) is 0.850. The number of hydrogen-bond acceptors (Lipinski definition) is 2. The van der Waals surface area contributed by atoms with E-state index in [9.17, 15) is 4.79 Å². The van der Waals surface area contributed by atoms with Crippen LogP contribution in [0.2, 0.25) is 0 Å². The maximum atomic E-state index is 10.6. The van der Waals surface area contributed by atoms with Crippen LogP contribution in [-0.2, 0) is 7.05 Å². The lowest BCUT2D eigenvalue weighted by Crippen LogP contribution is -2.13. The molecular weight excluding hydrogens is 166 g/mol. The summed E-state index contributed by atoms with van der Waals surface area (Å²) in [5.41, 5.74) is 6.18. The Balaban J connectivity index is 0.000001000. The molecule has 0 aliphatic heterocycles. The first-order chi connectivity index (χ1) is 4.61. The number of aryl methyl sites for hydroxylation is 2. The highest BCUT2D eigenvalue weighted by molar-refractivity contribution is 5.92. The molecule has 1 heterocycles. The van der Waals surface area contributed by atoms with Gasteiger partial charge < -0.3 is 5.73 Å². The maximum absolute atomic E-state index is 10.6. The van der Waals surface area contributed by atoms with E-state index in [0.717, 1.165) is 5.56 Å². The van der Waals surface area contributed by atoms with E-state index in [1.165, 1.54) is 0 Å². The summed E-state index contributed by atoms with van der Waals surface area (Å²) in [6.07, 6.45) is 1.75. The third-order valence-corrected chi connectivity index (χ3v) is 1.25. The van der Waals surface area contributed by atoms with Crippen molar-refractivity contribution in [1.82, 2.24) is 9.78 Å². The first-order valence-electron chi connectivity index (χ1n) is 2.91. The van der Waals surface area contributed by atoms with Crippen molar-refractivity contribution in [2.75, 3.05) is 0 Å². The number of nitrogens with two attached hydrogens (primary N) is 1. The van der Waals surface area contributed by atoms with E-state index in [1.54, 1.807) is 24.9 Å². The van der Waals surface area contributed by atoms with E-state index < -0.39 is 5.91 Å². The van der Waals surface area contributed by atoms with Gasteiger partial charge in [-0.1, -0.05) is 0 Å². The number of amides is 1. The number of rotatable bonds is 1. The lowest BCUT2D eigenvalue weighted by Gasteiger charge is -1.86. The van der Waals surface area contributed by atoms with Crippen LogP contribution in [0.15, 0.2) is 6.20 Å². The summed E-state index contributed by atoms with van der Waals surface area (Å²) in [5, 5.41) is 3.85. The Hall–Kier alpha value is -1.03. The number of carbonyl (C=O) groups excluding carboxylic acids is 1. The molecule has 1 rings (SSSR count). The predicted octanol–water partition coefficient (Wildman–Crippen LogP) is 0.249. The molecule has 0 atom stereocenters. The highest BCUT2D eigenvalue weighted by Gasteiger charge is 2.07. The molecule has 0 aromatic carbocycles. The Morgan fingerprint density at radius 2 is 2.27 bits per heavy atom. The molecule has 1 aromatic heterocycles. The first kappa shape index (κ1) is 9.97. The van der Waals surface area contributed by atoms with Gasteiger partial charge in [0.25, 0.3) is 5.91 Å².